The molecule has 86 valence electrons. The third-order valence-electron chi connectivity index (χ3n) is 3.70. The van der Waals surface area contributed by atoms with Crippen molar-refractivity contribution in [3.8, 4) is 0 Å². The Kier molecular flexibility index (Phi) is 4.15. The van der Waals surface area contributed by atoms with Crippen molar-refractivity contribution in [3.05, 3.63) is 35.9 Å². The summed E-state index contributed by atoms with van der Waals surface area (Å²) in [6.45, 7) is 0. The lowest BCUT2D eigenvalue weighted by Gasteiger charge is -2.24. The average Bonchev–Trinajstić information content (AvgIpc) is 2.38. The second-order valence-electron chi connectivity index (χ2n) is 4.89. The van der Waals surface area contributed by atoms with Gasteiger partial charge in [-0.3, -0.25) is 0 Å². The van der Waals surface area contributed by atoms with Crippen LogP contribution in [0.5, 0.6) is 0 Å². The Bertz CT molecular complexity index is 311. The summed E-state index contributed by atoms with van der Waals surface area (Å²) in [6, 6.07) is 10.2. The molecule has 2 rings (SSSR count). The Hall–Kier alpha value is -1.11. The molecule has 0 bridgehead atoms. The van der Waals surface area contributed by atoms with Crippen molar-refractivity contribution >= 4 is 6.29 Å². The molecule has 0 aromatic heterocycles. The number of hydrogen-bond acceptors (Lipinski definition) is 1. The van der Waals surface area contributed by atoms with Crippen LogP contribution in [-0.4, -0.2) is 6.29 Å². The van der Waals surface area contributed by atoms with Crippen molar-refractivity contribution in [3.63, 3.8) is 0 Å². The maximum Gasteiger partial charge on any atom is 0.127 e. The Balaban J connectivity index is 1.97. The zero-order valence-electron chi connectivity index (χ0n) is 9.77. The normalized spacial score (nSPS) is 19.2. The van der Waals surface area contributed by atoms with Crippen LogP contribution in [0, 0.1) is 5.92 Å². The Morgan fingerprint density at radius 2 is 1.81 bits per heavy atom. The molecule has 1 heteroatoms. The van der Waals surface area contributed by atoms with E-state index in [1.54, 1.807) is 0 Å². The lowest BCUT2D eigenvalue weighted by atomic mass is 9.81. The number of rotatable bonds is 4. The molecule has 0 N–H and O–H groups in total. The SMILES string of the molecule is O=CC(CC1CCCCC1)c1ccccc1. The topological polar surface area (TPSA) is 17.1 Å². The van der Waals surface area contributed by atoms with Gasteiger partial charge in [-0.1, -0.05) is 62.4 Å². The summed E-state index contributed by atoms with van der Waals surface area (Å²) in [5.41, 5.74) is 1.18. The predicted molar refractivity (Wildman–Crippen MR) is 66.4 cm³/mol. The maximum atomic E-state index is 11.2. The van der Waals surface area contributed by atoms with E-state index in [2.05, 4.69) is 12.1 Å². The second-order valence-corrected chi connectivity index (χ2v) is 4.89. The highest BCUT2D eigenvalue weighted by atomic mass is 16.1. The molecule has 0 heterocycles. The largest absolute Gasteiger partial charge is 0.303 e. The molecule has 1 aromatic carbocycles. The summed E-state index contributed by atoms with van der Waals surface area (Å²) in [7, 11) is 0. The van der Waals surface area contributed by atoms with Crippen LogP contribution in [0.2, 0.25) is 0 Å². The van der Waals surface area contributed by atoms with E-state index in [-0.39, 0.29) is 5.92 Å². The highest BCUT2D eigenvalue weighted by Crippen LogP contribution is 2.31. The van der Waals surface area contributed by atoms with Crippen LogP contribution < -0.4 is 0 Å². The predicted octanol–water partition coefficient (Wildman–Crippen LogP) is 3.94. The van der Waals surface area contributed by atoms with Gasteiger partial charge in [-0.05, 0) is 17.9 Å². The first-order valence-electron chi connectivity index (χ1n) is 6.40. The van der Waals surface area contributed by atoms with Gasteiger partial charge >= 0.3 is 0 Å². The third kappa shape index (κ3) is 2.94. The fourth-order valence-electron chi connectivity index (χ4n) is 2.75. The molecule has 1 aromatic rings. The molecule has 1 fully saturated rings. The minimum absolute atomic E-state index is 0.115. The van der Waals surface area contributed by atoms with Gasteiger partial charge in [-0.25, -0.2) is 0 Å². The van der Waals surface area contributed by atoms with Crippen LogP contribution in [0.4, 0.5) is 0 Å². The molecule has 0 saturated heterocycles. The van der Waals surface area contributed by atoms with Crippen molar-refractivity contribution in [2.24, 2.45) is 5.92 Å². The minimum atomic E-state index is 0.115. The molecule has 1 nitrogen and oxygen atoms in total. The molecule has 1 saturated carbocycles. The van der Waals surface area contributed by atoms with E-state index in [4.69, 9.17) is 0 Å². The maximum absolute atomic E-state index is 11.2. The Morgan fingerprint density at radius 1 is 1.12 bits per heavy atom. The molecule has 1 unspecified atom stereocenters. The van der Waals surface area contributed by atoms with E-state index in [0.29, 0.717) is 0 Å². The molecule has 16 heavy (non-hydrogen) atoms. The standard InChI is InChI=1S/C15H20O/c16-12-15(14-9-5-2-6-10-14)11-13-7-3-1-4-8-13/h2,5-6,9-10,12-13,15H,1,3-4,7-8,11H2. The first-order chi connectivity index (χ1) is 7.90. The van der Waals surface area contributed by atoms with Crippen LogP contribution >= 0.6 is 0 Å². The minimum Gasteiger partial charge on any atom is -0.303 e. The fourth-order valence-corrected chi connectivity index (χ4v) is 2.75. The quantitative estimate of drug-likeness (QED) is 0.697. The molecule has 1 atom stereocenters. The van der Waals surface area contributed by atoms with Crippen LogP contribution in [0.1, 0.15) is 50.0 Å². The monoisotopic (exact) mass is 216 g/mol. The van der Waals surface area contributed by atoms with E-state index in [1.807, 2.05) is 18.2 Å². The Labute approximate surface area is 97.9 Å². The van der Waals surface area contributed by atoms with Gasteiger partial charge in [0.2, 0.25) is 0 Å². The van der Waals surface area contributed by atoms with Gasteiger partial charge in [0, 0.05) is 5.92 Å². The number of carbonyl (C=O) groups excluding carboxylic acids is 1. The summed E-state index contributed by atoms with van der Waals surface area (Å²) in [6.07, 6.45) is 8.90. The van der Waals surface area contributed by atoms with E-state index < -0.39 is 0 Å². The van der Waals surface area contributed by atoms with E-state index >= 15 is 0 Å². The zero-order chi connectivity index (χ0) is 11.2. The molecule has 1 aliphatic rings. The van der Waals surface area contributed by atoms with Crippen LogP contribution in [0.3, 0.4) is 0 Å². The lowest BCUT2D eigenvalue weighted by molar-refractivity contribution is -0.109. The molecular weight excluding hydrogens is 196 g/mol. The van der Waals surface area contributed by atoms with Crippen molar-refractivity contribution < 1.29 is 4.79 Å². The summed E-state index contributed by atoms with van der Waals surface area (Å²) in [5.74, 6) is 0.883. The molecule has 0 radical (unpaired) electrons. The van der Waals surface area contributed by atoms with Crippen molar-refractivity contribution in [2.45, 2.75) is 44.4 Å². The van der Waals surface area contributed by atoms with Gasteiger partial charge in [0.25, 0.3) is 0 Å². The number of aldehydes is 1. The summed E-state index contributed by atoms with van der Waals surface area (Å²) >= 11 is 0. The summed E-state index contributed by atoms with van der Waals surface area (Å²) in [4.78, 5) is 11.2. The number of carbonyl (C=O) groups is 1. The molecule has 0 amide bonds. The van der Waals surface area contributed by atoms with E-state index in [9.17, 15) is 4.79 Å². The zero-order valence-corrected chi connectivity index (χ0v) is 9.77. The van der Waals surface area contributed by atoms with E-state index in [1.165, 1.54) is 37.7 Å². The van der Waals surface area contributed by atoms with Crippen LogP contribution in [-0.2, 0) is 4.79 Å². The molecule has 0 spiro atoms. The van der Waals surface area contributed by atoms with Gasteiger partial charge < -0.3 is 4.79 Å². The van der Waals surface area contributed by atoms with Gasteiger partial charge in [0.15, 0.2) is 0 Å². The highest BCUT2D eigenvalue weighted by molar-refractivity contribution is 5.62. The van der Waals surface area contributed by atoms with Gasteiger partial charge in [0.05, 0.1) is 0 Å². The first kappa shape index (κ1) is 11.4. The molecule has 0 aliphatic heterocycles. The van der Waals surface area contributed by atoms with Crippen molar-refractivity contribution in [1.82, 2.24) is 0 Å². The summed E-state index contributed by atoms with van der Waals surface area (Å²) < 4.78 is 0. The van der Waals surface area contributed by atoms with Crippen molar-refractivity contribution in [1.29, 1.82) is 0 Å². The van der Waals surface area contributed by atoms with Gasteiger partial charge in [-0.2, -0.15) is 0 Å². The highest BCUT2D eigenvalue weighted by Gasteiger charge is 2.19. The second kappa shape index (κ2) is 5.83. The van der Waals surface area contributed by atoms with Crippen molar-refractivity contribution in [2.75, 3.05) is 0 Å². The fraction of sp³-hybridized carbons (Fsp3) is 0.533. The first-order valence-corrected chi connectivity index (χ1v) is 6.40. The smallest absolute Gasteiger partial charge is 0.127 e. The number of hydrogen-bond donors (Lipinski definition) is 0. The van der Waals surface area contributed by atoms with Crippen LogP contribution in [0.15, 0.2) is 30.3 Å². The average molecular weight is 216 g/mol. The molecular formula is C15H20O. The number of benzene rings is 1. The summed E-state index contributed by atoms with van der Waals surface area (Å²) in [5, 5.41) is 0. The van der Waals surface area contributed by atoms with Gasteiger partial charge in [0.1, 0.15) is 6.29 Å². The molecule has 1 aliphatic carbocycles. The van der Waals surface area contributed by atoms with Crippen LogP contribution in [0.25, 0.3) is 0 Å². The Morgan fingerprint density at radius 3 is 2.44 bits per heavy atom. The third-order valence-corrected chi connectivity index (χ3v) is 3.70. The van der Waals surface area contributed by atoms with E-state index in [0.717, 1.165) is 18.6 Å². The van der Waals surface area contributed by atoms with Gasteiger partial charge in [-0.15, -0.1) is 0 Å². The lowest BCUT2D eigenvalue weighted by Crippen LogP contribution is -2.12.